The van der Waals surface area contributed by atoms with Crippen LogP contribution < -0.4 is 11.2 Å². The van der Waals surface area contributed by atoms with Crippen molar-refractivity contribution in [1.82, 2.24) is 5.32 Å². The molecule has 11 heavy (non-hydrogen) atoms. The molecule has 0 aliphatic carbocycles. The van der Waals surface area contributed by atoms with Gasteiger partial charge in [-0.25, -0.2) is 5.90 Å². The SMILES string of the molecule is CC(C)NCC(O)CON.Cl. The highest BCUT2D eigenvalue weighted by atomic mass is 35.5. The maximum absolute atomic E-state index is 9.03. The Morgan fingerprint density at radius 2 is 2.09 bits per heavy atom. The number of halogens is 1. The first-order chi connectivity index (χ1) is 4.66. The second-order valence-electron chi connectivity index (χ2n) is 2.55. The summed E-state index contributed by atoms with van der Waals surface area (Å²) in [7, 11) is 0. The summed E-state index contributed by atoms with van der Waals surface area (Å²) in [6.07, 6.45) is -0.507. The zero-order valence-corrected chi connectivity index (χ0v) is 7.73. The van der Waals surface area contributed by atoms with Gasteiger partial charge in [-0.1, -0.05) is 13.8 Å². The molecule has 0 heterocycles. The van der Waals surface area contributed by atoms with Gasteiger partial charge in [0.25, 0.3) is 0 Å². The molecule has 1 atom stereocenters. The molecule has 0 fully saturated rings. The third-order valence-corrected chi connectivity index (χ3v) is 1.05. The first-order valence-electron chi connectivity index (χ1n) is 3.40. The topological polar surface area (TPSA) is 67.5 Å². The van der Waals surface area contributed by atoms with Crippen LogP contribution in [0.15, 0.2) is 0 Å². The fraction of sp³-hybridized carbons (Fsp3) is 1.00. The molecule has 0 aliphatic rings. The molecule has 1 unspecified atom stereocenters. The molecule has 0 radical (unpaired) electrons. The van der Waals surface area contributed by atoms with Crippen LogP contribution in [0.1, 0.15) is 13.8 Å². The van der Waals surface area contributed by atoms with Crippen molar-refractivity contribution >= 4 is 12.4 Å². The van der Waals surface area contributed by atoms with Crippen molar-refractivity contribution in [3.05, 3.63) is 0 Å². The van der Waals surface area contributed by atoms with Gasteiger partial charge < -0.3 is 15.3 Å². The largest absolute Gasteiger partial charge is 0.389 e. The van der Waals surface area contributed by atoms with Crippen molar-refractivity contribution in [2.45, 2.75) is 26.0 Å². The molecule has 0 spiro atoms. The van der Waals surface area contributed by atoms with E-state index in [0.717, 1.165) is 0 Å². The molecule has 5 heteroatoms. The Morgan fingerprint density at radius 3 is 2.45 bits per heavy atom. The number of rotatable bonds is 5. The molecule has 0 aromatic carbocycles. The molecule has 4 N–H and O–H groups in total. The minimum Gasteiger partial charge on any atom is -0.389 e. The van der Waals surface area contributed by atoms with Gasteiger partial charge >= 0.3 is 0 Å². The van der Waals surface area contributed by atoms with Gasteiger partial charge in [-0.3, -0.25) is 0 Å². The smallest absolute Gasteiger partial charge is 0.0951 e. The van der Waals surface area contributed by atoms with Crippen molar-refractivity contribution in [2.24, 2.45) is 5.90 Å². The van der Waals surface area contributed by atoms with Crippen LogP contribution in [-0.2, 0) is 4.84 Å². The van der Waals surface area contributed by atoms with Crippen LogP contribution in [0.4, 0.5) is 0 Å². The first-order valence-corrected chi connectivity index (χ1v) is 3.40. The zero-order chi connectivity index (χ0) is 7.98. The summed E-state index contributed by atoms with van der Waals surface area (Å²) in [5.74, 6) is 4.75. The number of nitrogens with two attached hydrogens (primary N) is 1. The number of nitrogens with one attached hydrogen (secondary N) is 1. The Balaban J connectivity index is 0. The molecule has 70 valence electrons. The van der Waals surface area contributed by atoms with Crippen molar-refractivity contribution in [1.29, 1.82) is 0 Å². The van der Waals surface area contributed by atoms with E-state index in [1.807, 2.05) is 13.8 Å². The van der Waals surface area contributed by atoms with Crippen molar-refractivity contribution < 1.29 is 9.94 Å². The first kappa shape index (κ1) is 13.7. The van der Waals surface area contributed by atoms with E-state index in [9.17, 15) is 0 Å². The highest BCUT2D eigenvalue weighted by Crippen LogP contribution is 1.82. The normalized spacial score (nSPS) is 12.8. The Labute approximate surface area is 73.5 Å². The average Bonchev–Trinajstić information content (AvgIpc) is 1.85. The number of aliphatic hydroxyl groups is 1. The average molecular weight is 185 g/mol. The van der Waals surface area contributed by atoms with Crippen molar-refractivity contribution in [3.63, 3.8) is 0 Å². The van der Waals surface area contributed by atoms with Gasteiger partial charge in [0.05, 0.1) is 12.7 Å². The van der Waals surface area contributed by atoms with Gasteiger partial charge in [0.1, 0.15) is 0 Å². The highest BCUT2D eigenvalue weighted by molar-refractivity contribution is 5.85. The van der Waals surface area contributed by atoms with Crippen LogP contribution in [0.25, 0.3) is 0 Å². The third kappa shape index (κ3) is 10.1. The van der Waals surface area contributed by atoms with Crippen LogP contribution in [0, 0.1) is 0 Å². The van der Waals surface area contributed by atoms with Gasteiger partial charge in [0.2, 0.25) is 0 Å². The molecule has 0 aromatic rings. The molecule has 0 saturated carbocycles. The van der Waals surface area contributed by atoms with Crippen LogP contribution in [-0.4, -0.2) is 30.4 Å². The summed E-state index contributed by atoms with van der Waals surface area (Å²) >= 11 is 0. The molecule has 0 saturated heterocycles. The number of hydrogen-bond acceptors (Lipinski definition) is 4. The van der Waals surface area contributed by atoms with Crippen molar-refractivity contribution in [3.8, 4) is 0 Å². The van der Waals surface area contributed by atoms with Gasteiger partial charge in [0.15, 0.2) is 0 Å². The fourth-order valence-corrected chi connectivity index (χ4v) is 0.542. The van der Waals surface area contributed by atoms with Crippen LogP contribution in [0.3, 0.4) is 0 Å². The molecule has 0 bridgehead atoms. The summed E-state index contributed by atoms with van der Waals surface area (Å²) in [4.78, 5) is 4.25. The van der Waals surface area contributed by atoms with Crippen LogP contribution in [0.2, 0.25) is 0 Å². The van der Waals surface area contributed by atoms with Gasteiger partial charge in [-0.05, 0) is 0 Å². The van der Waals surface area contributed by atoms with Gasteiger partial charge in [0, 0.05) is 12.6 Å². The van der Waals surface area contributed by atoms with Crippen LogP contribution in [0.5, 0.6) is 0 Å². The summed E-state index contributed by atoms with van der Waals surface area (Å²) in [5, 5.41) is 12.1. The van der Waals surface area contributed by atoms with E-state index in [-0.39, 0.29) is 19.0 Å². The number of hydrogen-bond donors (Lipinski definition) is 3. The van der Waals surface area contributed by atoms with E-state index >= 15 is 0 Å². The maximum atomic E-state index is 9.03. The lowest BCUT2D eigenvalue weighted by Gasteiger charge is -2.12. The van der Waals surface area contributed by atoms with E-state index < -0.39 is 6.10 Å². The second kappa shape index (κ2) is 8.23. The Kier molecular flexibility index (Phi) is 10.2. The Morgan fingerprint density at radius 1 is 1.55 bits per heavy atom. The molecule has 4 nitrogen and oxygen atoms in total. The lowest BCUT2D eigenvalue weighted by Crippen LogP contribution is -2.35. The summed E-state index contributed by atoms with van der Waals surface area (Å²) in [6, 6.07) is 0.382. The molecule has 0 aliphatic heterocycles. The number of aliphatic hydroxyl groups excluding tert-OH is 1. The van der Waals surface area contributed by atoms with Gasteiger partial charge in [-0.2, -0.15) is 0 Å². The van der Waals surface area contributed by atoms with Gasteiger partial charge in [-0.15, -0.1) is 12.4 Å². The van der Waals surface area contributed by atoms with Crippen LogP contribution >= 0.6 is 12.4 Å². The predicted molar refractivity (Wildman–Crippen MR) is 46.5 cm³/mol. The molecule has 0 aromatic heterocycles. The third-order valence-electron chi connectivity index (χ3n) is 1.05. The predicted octanol–water partition coefficient (Wildman–Crippen LogP) is -0.343. The summed E-state index contributed by atoms with van der Waals surface area (Å²) in [6.45, 7) is 4.72. The van der Waals surface area contributed by atoms with Crippen molar-refractivity contribution in [2.75, 3.05) is 13.2 Å². The van der Waals surface area contributed by atoms with E-state index in [1.165, 1.54) is 0 Å². The Bertz CT molecular complexity index is 83.0. The minimum absolute atomic E-state index is 0. The maximum Gasteiger partial charge on any atom is 0.0951 e. The fourth-order valence-electron chi connectivity index (χ4n) is 0.542. The molecular weight excluding hydrogens is 168 g/mol. The second-order valence-corrected chi connectivity index (χ2v) is 2.55. The molecule has 0 rings (SSSR count). The van der Waals surface area contributed by atoms with E-state index in [2.05, 4.69) is 10.2 Å². The summed E-state index contributed by atoms with van der Waals surface area (Å²) < 4.78 is 0. The van der Waals surface area contributed by atoms with E-state index in [4.69, 9.17) is 11.0 Å². The monoisotopic (exact) mass is 184 g/mol. The van der Waals surface area contributed by atoms with E-state index in [1.54, 1.807) is 0 Å². The quantitative estimate of drug-likeness (QED) is 0.512. The van der Waals surface area contributed by atoms with E-state index in [0.29, 0.717) is 12.6 Å². The lowest BCUT2D eigenvalue weighted by atomic mass is 10.3. The minimum atomic E-state index is -0.507. The Hall–Kier alpha value is 0.130. The zero-order valence-electron chi connectivity index (χ0n) is 6.91. The molecular formula is C6H17ClN2O2. The lowest BCUT2D eigenvalue weighted by molar-refractivity contribution is 0.0360. The summed E-state index contributed by atoms with van der Waals surface area (Å²) in [5.41, 5.74) is 0. The highest BCUT2D eigenvalue weighted by Gasteiger charge is 2.02. The molecule has 0 amide bonds. The standard InChI is InChI=1S/C6H16N2O2.ClH/c1-5(2)8-3-6(9)4-10-7;/h5-6,8-9H,3-4,7H2,1-2H3;1H.